The van der Waals surface area contributed by atoms with E-state index >= 15 is 0 Å². The first-order valence-corrected chi connectivity index (χ1v) is 13.0. The van der Waals surface area contributed by atoms with Gasteiger partial charge in [0.25, 0.3) is 5.91 Å². The van der Waals surface area contributed by atoms with Gasteiger partial charge in [0.1, 0.15) is 0 Å². The molecule has 1 saturated heterocycles. The van der Waals surface area contributed by atoms with Crippen LogP contribution < -0.4 is 15.5 Å². The van der Waals surface area contributed by atoms with Gasteiger partial charge in [0.2, 0.25) is 5.91 Å². The van der Waals surface area contributed by atoms with E-state index < -0.39 is 0 Å². The fourth-order valence-electron chi connectivity index (χ4n) is 4.60. The van der Waals surface area contributed by atoms with Gasteiger partial charge >= 0.3 is 0 Å². The highest BCUT2D eigenvalue weighted by atomic mass is 16.2. The number of amides is 2. The number of nitrogens with one attached hydrogen (secondary N) is 2. The molecule has 1 aliphatic rings. The van der Waals surface area contributed by atoms with Crippen molar-refractivity contribution >= 4 is 23.2 Å². The lowest BCUT2D eigenvalue weighted by atomic mass is 9.97. The Hall–Kier alpha value is -2.82. The summed E-state index contributed by atoms with van der Waals surface area (Å²) in [6, 6.07) is 16.0. The highest BCUT2D eigenvalue weighted by Crippen LogP contribution is 2.29. The standard InChI is InChI=1S/C29H41N3O2/c1-4-6-12-24(5-2)28(33)31-25-13-14-27(32-19-16-22(3)17-20-32)26(21-25)29(34)30-18-15-23-10-8-7-9-11-23/h7-11,13-14,21-22,24H,4-6,12,15-20H2,1-3H3,(H,30,34)(H,31,33). The number of rotatable bonds is 11. The molecule has 0 bridgehead atoms. The second-order valence-electron chi connectivity index (χ2n) is 9.63. The van der Waals surface area contributed by atoms with Gasteiger partial charge in [-0.15, -0.1) is 0 Å². The van der Waals surface area contributed by atoms with Gasteiger partial charge in [-0.2, -0.15) is 0 Å². The lowest BCUT2D eigenvalue weighted by molar-refractivity contribution is -0.120. The topological polar surface area (TPSA) is 61.4 Å². The lowest BCUT2D eigenvalue weighted by Crippen LogP contribution is -2.35. The lowest BCUT2D eigenvalue weighted by Gasteiger charge is -2.33. The van der Waals surface area contributed by atoms with E-state index in [-0.39, 0.29) is 17.7 Å². The van der Waals surface area contributed by atoms with Crippen LogP contribution in [0.3, 0.4) is 0 Å². The second kappa shape index (κ2) is 13.2. The van der Waals surface area contributed by atoms with Gasteiger partial charge in [0.05, 0.1) is 5.56 Å². The van der Waals surface area contributed by atoms with E-state index in [1.165, 1.54) is 5.56 Å². The maximum atomic E-state index is 13.3. The number of unbranched alkanes of at least 4 members (excludes halogenated alkanes) is 1. The fourth-order valence-corrected chi connectivity index (χ4v) is 4.60. The monoisotopic (exact) mass is 463 g/mol. The van der Waals surface area contributed by atoms with Crippen molar-refractivity contribution in [3.8, 4) is 0 Å². The van der Waals surface area contributed by atoms with Crippen LogP contribution in [0.4, 0.5) is 11.4 Å². The van der Waals surface area contributed by atoms with E-state index in [2.05, 4.69) is 48.4 Å². The molecule has 1 aliphatic heterocycles. The summed E-state index contributed by atoms with van der Waals surface area (Å²) in [7, 11) is 0. The average Bonchev–Trinajstić information content (AvgIpc) is 2.85. The molecule has 1 fully saturated rings. The van der Waals surface area contributed by atoms with E-state index in [1.807, 2.05) is 36.4 Å². The zero-order chi connectivity index (χ0) is 24.3. The SMILES string of the molecule is CCCCC(CC)C(=O)Nc1ccc(N2CCC(C)CC2)c(C(=O)NCCc2ccccc2)c1. The normalized spacial score (nSPS) is 15.1. The van der Waals surface area contributed by atoms with E-state index in [0.29, 0.717) is 23.7 Å². The summed E-state index contributed by atoms with van der Waals surface area (Å²) in [5.41, 5.74) is 3.50. The van der Waals surface area contributed by atoms with Crippen LogP contribution in [-0.2, 0) is 11.2 Å². The van der Waals surface area contributed by atoms with Gasteiger partial charge in [-0.05, 0) is 61.8 Å². The number of carbonyl (C=O) groups excluding carboxylic acids is 2. The first-order valence-electron chi connectivity index (χ1n) is 13.0. The van der Waals surface area contributed by atoms with Crippen molar-refractivity contribution in [3.63, 3.8) is 0 Å². The maximum Gasteiger partial charge on any atom is 0.253 e. The Morgan fingerprint density at radius 1 is 1.06 bits per heavy atom. The molecule has 1 atom stereocenters. The third-order valence-electron chi connectivity index (χ3n) is 6.94. The first kappa shape index (κ1) is 25.8. The Morgan fingerprint density at radius 3 is 2.47 bits per heavy atom. The van der Waals surface area contributed by atoms with E-state index in [4.69, 9.17) is 0 Å². The molecular weight excluding hydrogens is 422 g/mol. The van der Waals surface area contributed by atoms with Gasteiger partial charge < -0.3 is 15.5 Å². The van der Waals surface area contributed by atoms with E-state index in [1.54, 1.807) is 0 Å². The van der Waals surface area contributed by atoms with Crippen LogP contribution in [-0.4, -0.2) is 31.4 Å². The number of benzene rings is 2. The van der Waals surface area contributed by atoms with Gasteiger partial charge in [0.15, 0.2) is 0 Å². The van der Waals surface area contributed by atoms with Gasteiger partial charge in [0, 0.05) is 36.9 Å². The highest BCUT2D eigenvalue weighted by Gasteiger charge is 2.23. The number of piperidine rings is 1. The Labute approximate surface area is 205 Å². The minimum absolute atomic E-state index is 0.00589. The molecule has 5 heteroatoms. The number of hydrogen-bond acceptors (Lipinski definition) is 3. The van der Waals surface area contributed by atoms with Crippen LogP contribution in [0.15, 0.2) is 48.5 Å². The average molecular weight is 464 g/mol. The van der Waals surface area contributed by atoms with Crippen molar-refractivity contribution < 1.29 is 9.59 Å². The molecule has 0 aromatic heterocycles. The van der Waals surface area contributed by atoms with Crippen molar-refractivity contribution in [1.82, 2.24) is 5.32 Å². The van der Waals surface area contributed by atoms with Gasteiger partial charge in [-0.3, -0.25) is 9.59 Å². The van der Waals surface area contributed by atoms with Gasteiger partial charge in [-0.25, -0.2) is 0 Å². The molecule has 34 heavy (non-hydrogen) atoms. The summed E-state index contributed by atoms with van der Waals surface area (Å²) in [6.07, 6.45) is 6.90. The molecular formula is C29H41N3O2. The smallest absolute Gasteiger partial charge is 0.253 e. The Morgan fingerprint density at radius 2 is 1.79 bits per heavy atom. The molecule has 2 N–H and O–H groups in total. The highest BCUT2D eigenvalue weighted by molar-refractivity contribution is 6.02. The molecule has 3 rings (SSSR count). The molecule has 0 saturated carbocycles. The van der Waals surface area contributed by atoms with Crippen LogP contribution in [0.5, 0.6) is 0 Å². The summed E-state index contributed by atoms with van der Waals surface area (Å²) in [5.74, 6) is 0.683. The quantitative estimate of drug-likeness (QED) is 0.426. The van der Waals surface area contributed by atoms with Crippen LogP contribution >= 0.6 is 0 Å². The minimum atomic E-state index is -0.0846. The van der Waals surface area contributed by atoms with Crippen LogP contribution in [0.25, 0.3) is 0 Å². The molecule has 2 aromatic carbocycles. The van der Waals surface area contributed by atoms with Crippen LogP contribution in [0.2, 0.25) is 0 Å². The van der Waals surface area contributed by atoms with Crippen LogP contribution in [0, 0.1) is 11.8 Å². The summed E-state index contributed by atoms with van der Waals surface area (Å²) >= 11 is 0. The Kier molecular flexibility index (Phi) is 9.99. The Balaban J connectivity index is 1.75. The Bertz CT molecular complexity index is 920. The van der Waals surface area contributed by atoms with Crippen molar-refractivity contribution in [2.45, 2.75) is 65.7 Å². The number of nitrogens with zero attached hydrogens (tertiary/aromatic N) is 1. The molecule has 0 radical (unpaired) electrons. The zero-order valence-electron chi connectivity index (χ0n) is 21.1. The number of anilines is 2. The zero-order valence-corrected chi connectivity index (χ0v) is 21.1. The fraction of sp³-hybridized carbons (Fsp3) is 0.517. The molecule has 2 amide bonds. The summed E-state index contributed by atoms with van der Waals surface area (Å²) in [6.45, 7) is 8.97. The summed E-state index contributed by atoms with van der Waals surface area (Å²) in [5, 5.41) is 6.18. The molecule has 0 spiro atoms. The third kappa shape index (κ3) is 7.34. The van der Waals surface area contributed by atoms with E-state index in [9.17, 15) is 9.59 Å². The maximum absolute atomic E-state index is 13.3. The summed E-state index contributed by atoms with van der Waals surface area (Å²) in [4.78, 5) is 28.5. The second-order valence-corrected chi connectivity index (χ2v) is 9.63. The van der Waals surface area contributed by atoms with Crippen molar-refractivity contribution in [3.05, 3.63) is 59.7 Å². The number of hydrogen-bond donors (Lipinski definition) is 2. The van der Waals surface area contributed by atoms with Crippen molar-refractivity contribution in [2.24, 2.45) is 11.8 Å². The predicted octanol–water partition coefficient (Wildman–Crippen LogP) is 6.05. The largest absolute Gasteiger partial charge is 0.371 e. The van der Waals surface area contributed by atoms with Gasteiger partial charge in [-0.1, -0.05) is 63.9 Å². The third-order valence-corrected chi connectivity index (χ3v) is 6.94. The molecule has 1 heterocycles. The molecule has 1 unspecified atom stereocenters. The predicted molar refractivity (Wildman–Crippen MR) is 141 cm³/mol. The molecule has 184 valence electrons. The van der Waals surface area contributed by atoms with E-state index in [0.717, 1.165) is 63.7 Å². The molecule has 5 nitrogen and oxygen atoms in total. The summed E-state index contributed by atoms with van der Waals surface area (Å²) < 4.78 is 0. The molecule has 2 aromatic rings. The van der Waals surface area contributed by atoms with Crippen molar-refractivity contribution in [2.75, 3.05) is 29.9 Å². The molecule has 0 aliphatic carbocycles. The minimum Gasteiger partial charge on any atom is -0.371 e. The number of carbonyl (C=O) groups is 2. The van der Waals surface area contributed by atoms with Crippen molar-refractivity contribution in [1.29, 1.82) is 0 Å². The van der Waals surface area contributed by atoms with Crippen LogP contribution in [0.1, 0.15) is 75.2 Å². The first-order chi connectivity index (χ1) is 16.5.